The SMILES string of the molecule is CCOC(Cc1ccc(OCc2cc3ccccc3nc2-c2ccccc2)cc1)C(=O)O. The summed E-state index contributed by atoms with van der Waals surface area (Å²) in [6, 6.07) is 27.7. The number of aromatic nitrogens is 1. The van der Waals surface area contributed by atoms with Gasteiger partial charge in [-0.15, -0.1) is 0 Å². The van der Waals surface area contributed by atoms with Crippen molar-refractivity contribution in [3.8, 4) is 17.0 Å². The Morgan fingerprint density at radius 2 is 1.69 bits per heavy atom. The van der Waals surface area contributed by atoms with Gasteiger partial charge in [-0.05, 0) is 36.8 Å². The highest BCUT2D eigenvalue weighted by atomic mass is 16.5. The Balaban J connectivity index is 1.53. The van der Waals surface area contributed by atoms with E-state index in [0.717, 1.165) is 33.3 Å². The van der Waals surface area contributed by atoms with Crippen LogP contribution in [0.25, 0.3) is 22.2 Å². The minimum atomic E-state index is -0.954. The summed E-state index contributed by atoms with van der Waals surface area (Å²) < 4.78 is 11.4. The van der Waals surface area contributed by atoms with Gasteiger partial charge in [0.25, 0.3) is 0 Å². The van der Waals surface area contributed by atoms with E-state index in [9.17, 15) is 9.90 Å². The number of aliphatic carboxylic acids is 1. The van der Waals surface area contributed by atoms with Crippen molar-refractivity contribution in [1.29, 1.82) is 0 Å². The van der Waals surface area contributed by atoms with Gasteiger partial charge in [0, 0.05) is 29.5 Å². The topological polar surface area (TPSA) is 68.7 Å². The Morgan fingerprint density at radius 1 is 0.969 bits per heavy atom. The van der Waals surface area contributed by atoms with Gasteiger partial charge in [-0.25, -0.2) is 9.78 Å². The minimum Gasteiger partial charge on any atom is -0.489 e. The van der Waals surface area contributed by atoms with E-state index < -0.39 is 12.1 Å². The number of ether oxygens (including phenoxy) is 2. The summed E-state index contributed by atoms with van der Waals surface area (Å²) in [6.07, 6.45) is -0.528. The Morgan fingerprint density at radius 3 is 2.41 bits per heavy atom. The molecule has 0 bridgehead atoms. The standard InChI is InChI=1S/C27H25NO4/c1-2-31-25(27(29)30)16-19-12-14-23(15-13-19)32-18-22-17-21-10-6-7-11-24(21)28-26(22)20-8-4-3-5-9-20/h3-15,17,25H,2,16,18H2,1H3,(H,29,30). The van der Waals surface area contributed by atoms with Crippen LogP contribution in [0, 0.1) is 0 Å². The second kappa shape index (κ2) is 10.1. The number of carboxylic acid groups (broad SMARTS) is 1. The average molecular weight is 428 g/mol. The van der Waals surface area contributed by atoms with E-state index >= 15 is 0 Å². The summed E-state index contributed by atoms with van der Waals surface area (Å²) in [5, 5.41) is 10.3. The van der Waals surface area contributed by atoms with Crippen LogP contribution in [0.5, 0.6) is 5.75 Å². The molecule has 1 N–H and O–H groups in total. The molecule has 1 aromatic heterocycles. The summed E-state index contributed by atoms with van der Waals surface area (Å²) in [4.78, 5) is 16.2. The van der Waals surface area contributed by atoms with Crippen LogP contribution in [0.3, 0.4) is 0 Å². The van der Waals surface area contributed by atoms with Gasteiger partial charge in [0.05, 0.1) is 11.2 Å². The highest BCUT2D eigenvalue weighted by Crippen LogP contribution is 2.27. The second-order valence-corrected chi connectivity index (χ2v) is 7.47. The predicted molar refractivity (Wildman–Crippen MR) is 125 cm³/mol. The van der Waals surface area contributed by atoms with Gasteiger partial charge in [0.2, 0.25) is 0 Å². The molecule has 5 nitrogen and oxygen atoms in total. The van der Waals surface area contributed by atoms with Gasteiger partial charge in [-0.1, -0.05) is 60.7 Å². The number of fused-ring (bicyclic) bond motifs is 1. The van der Waals surface area contributed by atoms with Gasteiger partial charge in [-0.2, -0.15) is 0 Å². The minimum absolute atomic E-state index is 0.316. The summed E-state index contributed by atoms with van der Waals surface area (Å²) in [5.41, 5.74) is 4.78. The van der Waals surface area contributed by atoms with Crippen molar-refractivity contribution in [3.05, 3.63) is 96.1 Å². The lowest BCUT2D eigenvalue weighted by atomic mass is 10.0. The molecule has 0 aliphatic carbocycles. The molecule has 0 radical (unpaired) electrons. The molecule has 0 saturated heterocycles. The van der Waals surface area contributed by atoms with Crippen molar-refractivity contribution < 1.29 is 19.4 Å². The zero-order valence-corrected chi connectivity index (χ0v) is 17.9. The van der Waals surface area contributed by atoms with E-state index in [-0.39, 0.29) is 0 Å². The zero-order chi connectivity index (χ0) is 22.3. The molecule has 0 fully saturated rings. The van der Waals surface area contributed by atoms with Crippen LogP contribution < -0.4 is 4.74 Å². The highest BCUT2D eigenvalue weighted by Gasteiger charge is 2.18. The first-order valence-corrected chi connectivity index (χ1v) is 10.6. The Hall–Kier alpha value is -3.70. The first-order valence-electron chi connectivity index (χ1n) is 10.6. The first kappa shape index (κ1) is 21.5. The third-order valence-electron chi connectivity index (χ3n) is 5.23. The Bertz CT molecular complexity index is 1190. The smallest absolute Gasteiger partial charge is 0.333 e. The van der Waals surface area contributed by atoms with Crippen LogP contribution in [0.15, 0.2) is 84.9 Å². The summed E-state index contributed by atoms with van der Waals surface area (Å²) in [7, 11) is 0. The number of benzene rings is 3. The van der Waals surface area contributed by atoms with E-state index in [0.29, 0.717) is 25.4 Å². The molecular formula is C27H25NO4. The zero-order valence-electron chi connectivity index (χ0n) is 17.9. The molecule has 32 heavy (non-hydrogen) atoms. The molecule has 4 aromatic rings. The molecule has 5 heteroatoms. The maximum atomic E-state index is 11.3. The average Bonchev–Trinajstić information content (AvgIpc) is 2.83. The van der Waals surface area contributed by atoms with E-state index in [4.69, 9.17) is 14.5 Å². The Labute approximate surface area is 187 Å². The van der Waals surface area contributed by atoms with Crippen molar-refractivity contribution in [1.82, 2.24) is 4.98 Å². The largest absolute Gasteiger partial charge is 0.489 e. The number of carbonyl (C=O) groups is 1. The molecule has 0 aliphatic rings. The van der Waals surface area contributed by atoms with Crippen LogP contribution in [0.4, 0.5) is 0 Å². The summed E-state index contributed by atoms with van der Waals surface area (Å²) in [5.74, 6) is -0.242. The molecule has 0 amide bonds. The van der Waals surface area contributed by atoms with E-state index in [1.165, 1.54) is 0 Å². The van der Waals surface area contributed by atoms with Crippen molar-refractivity contribution in [2.24, 2.45) is 0 Å². The van der Waals surface area contributed by atoms with Crippen LogP contribution in [0.2, 0.25) is 0 Å². The number of hydrogen-bond acceptors (Lipinski definition) is 4. The normalized spacial score (nSPS) is 11.9. The maximum Gasteiger partial charge on any atom is 0.333 e. The van der Waals surface area contributed by atoms with Crippen LogP contribution in [0.1, 0.15) is 18.1 Å². The molecule has 1 unspecified atom stereocenters. The van der Waals surface area contributed by atoms with Crippen LogP contribution in [-0.2, 0) is 22.6 Å². The quantitative estimate of drug-likeness (QED) is 0.381. The third kappa shape index (κ3) is 5.13. The molecule has 4 rings (SSSR count). The molecule has 1 heterocycles. The van der Waals surface area contributed by atoms with Gasteiger partial charge < -0.3 is 14.6 Å². The van der Waals surface area contributed by atoms with Gasteiger partial charge in [0.15, 0.2) is 6.10 Å². The number of rotatable bonds is 9. The van der Waals surface area contributed by atoms with E-state index in [1.807, 2.05) is 78.9 Å². The highest BCUT2D eigenvalue weighted by molar-refractivity contribution is 5.83. The van der Waals surface area contributed by atoms with Crippen molar-refractivity contribution >= 4 is 16.9 Å². The number of nitrogens with zero attached hydrogens (tertiary/aromatic N) is 1. The first-order chi connectivity index (χ1) is 15.6. The lowest BCUT2D eigenvalue weighted by molar-refractivity contribution is -0.149. The lowest BCUT2D eigenvalue weighted by Crippen LogP contribution is -2.26. The fourth-order valence-corrected chi connectivity index (χ4v) is 3.63. The number of pyridine rings is 1. The second-order valence-electron chi connectivity index (χ2n) is 7.47. The fraction of sp³-hybridized carbons (Fsp3) is 0.185. The van der Waals surface area contributed by atoms with E-state index in [2.05, 4.69) is 6.07 Å². The Kier molecular flexibility index (Phi) is 6.78. The molecule has 3 aromatic carbocycles. The van der Waals surface area contributed by atoms with Crippen LogP contribution >= 0.6 is 0 Å². The summed E-state index contributed by atoms with van der Waals surface area (Å²) in [6.45, 7) is 2.53. The summed E-state index contributed by atoms with van der Waals surface area (Å²) >= 11 is 0. The van der Waals surface area contributed by atoms with Crippen molar-refractivity contribution in [2.75, 3.05) is 6.61 Å². The molecule has 0 aliphatic heterocycles. The van der Waals surface area contributed by atoms with Gasteiger partial charge in [-0.3, -0.25) is 0 Å². The van der Waals surface area contributed by atoms with Crippen molar-refractivity contribution in [2.45, 2.75) is 26.1 Å². The van der Waals surface area contributed by atoms with Gasteiger partial charge >= 0.3 is 5.97 Å². The number of hydrogen-bond donors (Lipinski definition) is 1. The van der Waals surface area contributed by atoms with E-state index in [1.54, 1.807) is 6.92 Å². The number of carboxylic acids is 1. The van der Waals surface area contributed by atoms with Crippen LogP contribution in [-0.4, -0.2) is 28.8 Å². The predicted octanol–water partition coefficient (Wildman–Crippen LogP) is 5.51. The molecule has 0 saturated carbocycles. The molecule has 0 spiro atoms. The molecule has 162 valence electrons. The molecular weight excluding hydrogens is 402 g/mol. The fourth-order valence-electron chi connectivity index (χ4n) is 3.63. The van der Waals surface area contributed by atoms with Crippen molar-refractivity contribution in [3.63, 3.8) is 0 Å². The lowest BCUT2D eigenvalue weighted by Gasteiger charge is -2.14. The number of para-hydroxylation sites is 1. The molecule has 1 atom stereocenters. The maximum absolute atomic E-state index is 11.3. The van der Waals surface area contributed by atoms with Gasteiger partial charge in [0.1, 0.15) is 12.4 Å². The monoisotopic (exact) mass is 427 g/mol. The third-order valence-corrected chi connectivity index (χ3v) is 5.23.